The van der Waals surface area contributed by atoms with Gasteiger partial charge in [-0.05, 0) is 50.7 Å². The Bertz CT molecular complexity index is 800. The van der Waals surface area contributed by atoms with Crippen molar-refractivity contribution in [2.45, 2.75) is 44.6 Å². The van der Waals surface area contributed by atoms with E-state index in [2.05, 4.69) is 26.1 Å². The maximum absolute atomic E-state index is 13.0. The summed E-state index contributed by atoms with van der Waals surface area (Å²) in [6.45, 7) is 4.01. The highest BCUT2D eigenvalue weighted by Gasteiger charge is 2.35. The fourth-order valence-corrected chi connectivity index (χ4v) is 4.48. The molecule has 2 amide bonds. The van der Waals surface area contributed by atoms with E-state index >= 15 is 0 Å². The number of nitrogens with zero attached hydrogens (tertiary/aromatic N) is 3. The largest absolute Gasteiger partial charge is 0.324 e. The molecule has 6 nitrogen and oxygen atoms in total. The number of hydrogen-bond acceptors (Lipinski definition) is 4. The van der Waals surface area contributed by atoms with Crippen molar-refractivity contribution < 1.29 is 9.59 Å². The zero-order valence-electron chi connectivity index (χ0n) is 17.5. The quantitative estimate of drug-likeness (QED) is 0.720. The number of amides is 2. The van der Waals surface area contributed by atoms with E-state index in [9.17, 15) is 9.59 Å². The summed E-state index contributed by atoms with van der Waals surface area (Å²) in [7, 11) is 0. The summed E-state index contributed by atoms with van der Waals surface area (Å²) >= 11 is 6.11. The highest BCUT2D eigenvalue weighted by Crippen LogP contribution is 2.33. The number of anilines is 1. The standard InChI is InChI=1S/C23H31ClN4O2/c24-20-8-4-5-9-21(20)25-22(29)16-26-12-14-27(15-13-26)17-23(30)28(19-10-11-19)18-6-2-1-3-7-18/h4-6,8-9,19H,1-3,7,10-17H2,(H,25,29). The third-order valence-electron chi connectivity index (χ3n) is 6.10. The van der Waals surface area contributed by atoms with Crippen LogP contribution in [0.1, 0.15) is 38.5 Å². The molecule has 1 saturated heterocycles. The molecule has 0 spiro atoms. The van der Waals surface area contributed by atoms with Gasteiger partial charge in [0.2, 0.25) is 11.8 Å². The Balaban J connectivity index is 1.23. The molecule has 1 heterocycles. The third kappa shape index (κ3) is 5.62. The molecule has 3 aliphatic rings. The molecule has 0 atom stereocenters. The lowest BCUT2D eigenvalue weighted by Gasteiger charge is -2.36. The SMILES string of the molecule is O=C(CN1CCN(CC(=O)N(C2=CCCCC2)C2CC2)CC1)Nc1ccccc1Cl. The zero-order valence-corrected chi connectivity index (χ0v) is 18.2. The van der Waals surface area contributed by atoms with Gasteiger partial charge < -0.3 is 10.2 Å². The van der Waals surface area contributed by atoms with Gasteiger partial charge in [-0.2, -0.15) is 0 Å². The minimum Gasteiger partial charge on any atom is -0.324 e. The van der Waals surface area contributed by atoms with Gasteiger partial charge in [-0.1, -0.05) is 29.8 Å². The Morgan fingerprint density at radius 3 is 2.37 bits per heavy atom. The maximum Gasteiger partial charge on any atom is 0.241 e. The molecular formula is C23H31ClN4O2. The summed E-state index contributed by atoms with van der Waals surface area (Å²) in [4.78, 5) is 31.8. The number of carbonyl (C=O) groups is 2. The first-order valence-corrected chi connectivity index (χ1v) is 11.5. The summed E-state index contributed by atoms with van der Waals surface area (Å²) in [5, 5.41) is 3.42. The van der Waals surface area contributed by atoms with E-state index in [1.165, 1.54) is 18.5 Å². The van der Waals surface area contributed by atoms with Crippen LogP contribution in [0.5, 0.6) is 0 Å². The van der Waals surface area contributed by atoms with Gasteiger partial charge in [0, 0.05) is 37.9 Å². The van der Waals surface area contributed by atoms with Crippen molar-refractivity contribution in [3.8, 4) is 0 Å². The fraction of sp³-hybridized carbons (Fsp3) is 0.565. The predicted octanol–water partition coefficient (Wildman–Crippen LogP) is 3.35. The first-order valence-electron chi connectivity index (χ1n) is 11.1. The van der Waals surface area contributed by atoms with Crippen LogP contribution >= 0.6 is 11.6 Å². The van der Waals surface area contributed by atoms with Gasteiger partial charge in [0.1, 0.15) is 0 Å². The monoisotopic (exact) mass is 430 g/mol. The molecular weight excluding hydrogens is 400 g/mol. The van der Waals surface area contributed by atoms with Crippen molar-refractivity contribution >= 4 is 29.1 Å². The highest BCUT2D eigenvalue weighted by molar-refractivity contribution is 6.33. The second-order valence-corrected chi connectivity index (χ2v) is 8.92. The van der Waals surface area contributed by atoms with E-state index in [0.717, 1.165) is 51.9 Å². The normalized spacial score (nSPS) is 20.5. The predicted molar refractivity (Wildman–Crippen MR) is 119 cm³/mol. The number of benzene rings is 1. The second kappa shape index (κ2) is 9.94. The van der Waals surface area contributed by atoms with Gasteiger partial charge in [0.05, 0.1) is 23.8 Å². The summed E-state index contributed by atoms with van der Waals surface area (Å²) in [5.41, 5.74) is 1.90. The van der Waals surface area contributed by atoms with Crippen LogP contribution in [-0.4, -0.2) is 71.8 Å². The summed E-state index contributed by atoms with van der Waals surface area (Å²) in [5.74, 6) is 0.187. The average Bonchev–Trinajstić information content (AvgIpc) is 3.57. The molecule has 0 aromatic heterocycles. The zero-order chi connectivity index (χ0) is 20.9. The average molecular weight is 431 g/mol. The Morgan fingerprint density at radius 1 is 1.03 bits per heavy atom. The molecule has 1 saturated carbocycles. The van der Waals surface area contributed by atoms with Crippen LogP contribution in [0.3, 0.4) is 0 Å². The Morgan fingerprint density at radius 2 is 1.73 bits per heavy atom. The van der Waals surface area contributed by atoms with Gasteiger partial charge >= 0.3 is 0 Å². The van der Waals surface area contributed by atoms with Crippen molar-refractivity contribution in [2.24, 2.45) is 0 Å². The first-order chi connectivity index (χ1) is 14.6. The number of hydrogen-bond donors (Lipinski definition) is 1. The maximum atomic E-state index is 13.0. The topological polar surface area (TPSA) is 55.9 Å². The minimum absolute atomic E-state index is 0.0585. The third-order valence-corrected chi connectivity index (χ3v) is 6.43. The van der Waals surface area contributed by atoms with Gasteiger partial charge in [0.15, 0.2) is 0 Å². The summed E-state index contributed by atoms with van der Waals surface area (Å²) in [6, 6.07) is 7.69. The van der Waals surface area contributed by atoms with Crippen molar-refractivity contribution in [2.75, 3.05) is 44.6 Å². The van der Waals surface area contributed by atoms with Crippen molar-refractivity contribution in [1.29, 1.82) is 0 Å². The van der Waals surface area contributed by atoms with Gasteiger partial charge in [0.25, 0.3) is 0 Å². The lowest BCUT2D eigenvalue weighted by atomic mass is 10.0. The first kappa shape index (κ1) is 21.3. The van der Waals surface area contributed by atoms with Crippen LogP contribution < -0.4 is 5.32 Å². The highest BCUT2D eigenvalue weighted by atomic mass is 35.5. The van der Waals surface area contributed by atoms with E-state index in [-0.39, 0.29) is 11.8 Å². The van der Waals surface area contributed by atoms with Crippen molar-refractivity contribution in [3.05, 3.63) is 41.1 Å². The van der Waals surface area contributed by atoms with Crippen molar-refractivity contribution in [3.63, 3.8) is 0 Å². The second-order valence-electron chi connectivity index (χ2n) is 8.52. The molecule has 2 aliphatic carbocycles. The van der Waals surface area contributed by atoms with Crippen LogP contribution in [0, 0.1) is 0 Å². The number of rotatable bonds is 7. The van der Waals surface area contributed by atoms with Crippen LogP contribution in [0.2, 0.25) is 5.02 Å². The molecule has 4 rings (SSSR count). The molecule has 0 bridgehead atoms. The molecule has 162 valence electrons. The number of para-hydroxylation sites is 1. The van der Waals surface area contributed by atoms with Gasteiger partial charge in [-0.15, -0.1) is 0 Å². The number of nitrogens with one attached hydrogen (secondary N) is 1. The van der Waals surface area contributed by atoms with E-state index < -0.39 is 0 Å². The van der Waals surface area contributed by atoms with E-state index in [1.807, 2.05) is 12.1 Å². The van der Waals surface area contributed by atoms with E-state index in [1.54, 1.807) is 12.1 Å². The Labute approximate surface area is 183 Å². The molecule has 1 aliphatic heterocycles. The van der Waals surface area contributed by atoms with E-state index in [0.29, 0.717) is 29.8 Å². The number of carbonyl (C=O) groups excluding carboxylic acids is 2. The van der Waals surface area contributed by atoms with Crippen LogP contribution in [0.4, 0.5) is 5.69 Å². The van der Waals surface area contributed by atoms with Crippen LogP contribution in [0.25, 0.3) is 0 Å². The number of piperazine rings is 1. The lowest BCUT2D eigenvalue weighted by Crippen LogP contribution is -2.51. The molecule has 0 unspecified atom stereocenters. The Hall–Kier alpha value is -1.89. The number of halogens is 1. The molecule has 1 aromatic rings. The summed E-state index contributed by atoms with van der Waals surface area (Å²) < 4.78 is 0. The van der Waals surface area contributed by atoms with Gasteiger partial charge in [-0.25, -0.2) is 0 Å². The Kier molecular flexibility index (Phi) is 7.08. The van der Waals surface area contributed by atoms with Gasteiger partial charge in [-0.3, -0.25) is 19.4 Å². The lowest BCUT2D eigenvalue weighted by molar-refractivity contribution is -0.132. The minimum atomic E-state index is -0.0585. The molecule has 0 radical (unpaired) electrons. The summed E-state index contributed by atoms with van der Waals surface area (Å²) in [6.07, 6.45) is 9.11. The molecule has 1 N–H and O–H groups in total. The molecule has 7 heteroatoms. The molecule has 30 heavy (non-hydrogen) atoms. The van der Waals surface area contributed by atoms with Crippen LogP contribution in [0.15, 0.2) is 36.0 Å². The molecule has 2 fully saturated rings. The van der Waals surface area contributed by atoms with E-state index in [4.69, 9.17) is 11.6 Å². The number of allylic oxidation sites excluding steroid dienone is 2. The smallest absolute Gasteiger partial charge is 0.241 e. The van der Waals surface area contributed by atoms with Crippen LogP contribution in [-0.2, 0) is 9.59 Å². The van der Waals surface area contributed by atoms with Crippen molar-refractivity contribution in [1.82, 2.24) is 14.7 Å². The fourth-order valence-electron chi connectivity index (χ4n) is 4.30. The molecule has 1 aromatic carbocycles.